The van der Waals surface area contributed by atoms with E-state index >= 15 is 0 Å². The van der Waals surface area contributed by atoms with Crippen molar-refractivity contribution in [2.45, 2.75) is 38.6 Å². The summed E-state index contributed by atoms with van der Waals surface area (Å²) in [5.41, 5.74) is 2.44. The molecular formula is C17H26N2O3S. The molecule has 1 amide bonds. The van der Waals surface area contributed by atoms with Crippen LogP contribution >= 0.6 is 0 Å². The van der Waals surface area contributed by atoms with Crippen molar-refractivity contribution in [2.24, 2.45) is 0 Å². The van der Waals surface area contributed by atoms with E-state index in [1.54, 1.807) is 4.90 Å². The molecule has 0 unspecified atom stereocenters. The first-order valence-electron chi connectivity index (χ1n) is 8.02. The van der Waals surface area contributed by atoms with Crippen molar-refractivity contribution in [1.82, 2.24) is 9.21 Å². The maximum absolute atomic E-state index is 12.5. The summed E-state index contributed by atoms with van der Waals surface area (Å²) in [6, 6.07) is 8.48. The summed E-state index contributed by atoms with van der Waals surface area (Å²) in [6.07, 6.45) is 1.71. The molecule has 2 rings (SSSR count). The van der Waals surface area contributed by atoms with Gasteiger partial charge in [0.25, 0.3) is 0 Å². The van der Waals surface area contributed by atoms with Crippen LogP contribution in [0.2, 0.25) is 0 Å². The second-order valence-electron chi connectivity index (χ2n) is 6.41. The summed E-state index contributed by atoms with van der Waals surface area (Å²) in [4.78, 5) is 14.2. The van der Waals surface area contributed by atoms with Crippen molar-refractivity contribution in [3.05, 3.63) is 35.4 Å². The standard InChI is InChI=1S/C17H26N2O3S/c1-5-16-15(14-8-6-13(2)7-9-14)10-11-19(16)17(20)12-23(21,22)18(3)4/h6-9,15-16H,5,10-12H2,1-4H3/t15-,16-/m1/s1. The van der Waals surface area contributed by atoms with E-state index in [-0.39, 0.29) is 17.9 Å². The zero-order chi connectivity index (χ0) is 17.2. The third kappa shape index (κ3) is 3.93. The Morgan fingerprint density at radius 3 is 2.39 bits per heavy atom. The number of likely N-dealkylation sites (tertiary alicyclic amines) is 1. The van der Waals surface area contributed by atoms with Gasteiger partial charge in [0, 0.05) is 32.6 Å². The van der Waals surface area contributed by atoms with Crippen LogP contribution in [0.25, 0.3) is 0 Å². The minimum atomic E-state index is -3.51. The second-order valence-corrected chi connectivity index (χ2v) is 8.59. The van der Waals surface area contributed by atoms with Crippen LogP contribution in [-0.4, -0.2) is 56.0 Å². The highest BCUT2D eigenvalue weighted by atomic mass is 32.2. The fraction of sp³-hybridized carbons (Fsp3) is 0.588. The number of amides is 1. The first-order valence-corrected chi connectivity index (χ1v) is 9.63. The molecule has 0 aromatic heterocycles. The monoisotopic (exact) mass is 338 g/mol. The first kappa shape index (κ1) is 17.9. The van der Waals surface area contributed by atoms with Gasteiger partial charge in [0.05, 0.1) is 0 Å². The van der Waals surface area contributed by atoms with Crippen molar-refractivity contribution in [1.29, 1.82) is 0 Å². The molecule has 1 aromatic carbocycles. The molecule has 1 fully saturated rings. The van der Waals surface area contributed by atoms with Crippen LogP contribution < -0.4 is 0 Å². The van der Waals surface area contributed by atoms with E-state index in [0.717, 1.165) is 17.1 Å². The fourth-order valence-corrected chi connectivity index (χ4v) is 3.97. The summed E-state index contributed by atoms with van der Waals surface area (Å²) in [7, 11) is -0.597. The van der Waals surface area contributed by atoms with E-state index in [2.05, 4.69) is 38.1 Å². The molecule has 0 bridgehead atoms. The smallest absolute Gasteiger partial charge is 0.239 e. The van der Waals surface area contributed by atoms with Gasteiger partial charge < -0.3 is 4.90 Å². The average Bonchev–Trinajstić information content (AvgIpc) is 2.91. The maximum Gasteiger partial charge on any atom is 0.239 e. The number of sulfonamides is 1. The molecule has 2 atom stereocenters. The van der Waals surface area contributed by atoms with Crippen molar-refractivity contribution in [2.75, 3.05) is 26.4 Å². The highest BCUT2D eigenvalue weighted by molar-refractivity contribution is 7.89. The number of hydrogen-bond donors (Lipinski definition) is 0. The van der Waals surface area contributed by atoms with E-state index in [0.29, 0.717) is 6.54 Å². The molecule has 128 valence electrons. The first-order chi connectivity index (χ1) is 10.8. The maximum atomic E-state index is 12.5. The molecule has 0 aliphatic carbocycles. The summed E-state index contributed by atoms with van der Waals surface area (Å²) < 4.78 is 25.0. The van der Waals surface area contributed by atoms with Crippen molar-refractivity contribution in [3.63, 3.8) is 0 Å². The van der Waals surface area contributed by atoms with Gasteiger partial charge in [-0.25, -0.2) is 12.7 Å². The molecular weight excluding hydrogens is 312 g/mol. The summed E-state index contributed by atoms with van der Waals surface area (Å²) >= 11 is 0. The fourth-order valence-electron chi connectivity index (χ4n) is 3.24. The lowest BCUT2D eigenvalue weighted by Crippen LogP contribution is -2.42. The highest BCUT2D eigenvalue weighted by Gasteiger charge is 2.38. The van der Waals surface area contributed by atoms with Gasteiger partial charge in [-0.3, -0.25) is 4.79 Å². The quantitative estimate of drug-likeness (QED) is 0.825. The normalized spacial score (nSPS) is 21.9. The van der Waals surface area contributed by atoms with E-state index in [9.17, 15) is 13.2 Å². The molecule has 1 heterocycles. The second kappa shape index (κ2) is 7.01. The Balaban J connectivity index is 2.16. The van der Waals surface area contributed by atoms with Crippen LogP contribution in [0.5, 0.6) is 0 Å². The van der Waals surface area contributed by atoms with Gasteiger partial charge in [0.1, 0.15) is 5.75 Å². The van der Waals surface area contributed by atoms with Gasteiger partial charge in [-0.2, -0.15) is 0 Å². The number of carbonyl (C=O) groups is 1. The molecule has 1 aromatic rings. The summed E-state index contributed by atoms with van der Waals surface area (Å²) in [5, 5.41) is 0. The number of carbonyl (C=O) groups excluding carboxylic acids is 1. The molecule has 23 heavy (non-hydrogen) atoms. The molecule has 5 nitrogen and oxygen atoms in total. The van der Waals surface area contributed by atoms with Crippen molar-refractivity contribution >= 4 is 15.9 Å². The zero-order valence-corrected chi connectivity index (χ0v) is 15.1. The molecule has 0 spiro atoms. The molecule has 1 aliphatic rings. The Bertz CT molecular complexity index is 653. The summed E-state index contributed by atoms with van der Waals surface area (Å²) in [6.45, 7) is 4.73. The lowest BCUT2D eigenvalue weighted by Gasteiger charge is -2.28. The van der Waals surface area contributed by atoms with Gasteiger partial charge in [-0.15, -0.1) is 0 Å². The third-order valence-electron chi connectivity index (χ3n) is 4.65. The topological polar surface area (TPSA) is 57.7 Å². The number of nitrogens with zero attached hydrogens (tertiary/aromatic N) is 2. The molecule has 0 N–H and O–H groups in total. The van der Waals surface area contributed by atoms with Gasteiger partial charge in [-0.05, 0) is 25.3 Å². The lowest BCUT2D eigenvalue weighted by molar-refractivity contribution is -0.129. The highest BCUT2D eigenvalue weighted by Crippen LogP contribution is 2.35. The number of hydrogen-bond acceptors (Lipinski definition) is 3. The van der Waals surface area contributed by atoms with E-state index in [1.165, 1.54) is 25.2 Å². The Labute approximate surface area is 139 Å². The SMILES string of the molecule is CC[C@@H]1[C@@H](c2ccc(C)cc2)CCN1C(=O)CS(=O)(=O)N(C)C. The van der Waals surface area contributed by atoms with Crippen LogP contribution in [0.4, 0.5) is 0 Å². The van der Waals surface area contributed by atoms with Gasteiger partial charge in [-0.1, -0.05) is 36.8 Å². The Morgan fingerprint density at radius 2 is 1.87 bits per heavy atom. The largest absolute Gasteiger partial charge is 0.338 e. The molecule has 1 aliphatic heterocycles. The van der Waals surface area contributed by atoms with E-state index in [1.807, 2.05) is 0 Å². The average molecular weight is 338 g/mol. The van der Waals surface area contributed by atoms with Crippen LogP contribution in [0.1, 0.15) is 36.8 Å². The van der Waals surface area contributed by atoms with Crippen LogP contribution in [0.15, 0.2) is 24.3 Å². The van der Waals surface area contributed by atoms with Crippen molar-refractivity contribution in [3.8, 4) is 0 Å². The predicted octanol–water partition coefficient (Wildman–Crippen LogP) is 1.98. The van der Waals surface area contributed by atoms with Gasteiger partial charge in [0.2, 0.25) is 15.9 Å². The van der Waals surface area contributed by atoms with Crippen LogP contribution in [0, 0.1) is 6.92 Å². The number of rotatable bonds is 5. The zero-order valence-electron chi connectivity index (χ0n) is 14.3. The third-order valence-corrected chi connectivity index (χ3v) is 6.38. The Kier molecular flexibility index (Phi) is 5.47. The van der Waals surface area contributed by atoms with Crippen molar-refractivity contribution < 1.29 is 13.2 Å². The molecule has 0 radical (unpaired) electrons. The van der Waals surface area contributed by atoms with Crippen LogP contribution in [-0.2, 0) is 14.8 Å². The van der Waals surface area contributed by atoms with E-state index in [4.69, 9.17) is 0 Å². The predicted molar refractivity (Wildman–Crippen MR) is 91.8 cm³/mol. The Hall–Kier alpha value is -1.40. The Morgan fingerprint density at radius 1 is 1.26 bits per heavy atom. The van der Waals surface area contributed by atoms with E-state index < -0.39 is 15.8 Å². The van der Waals surface area contributed by atoms with Crippen LogP contribution in [0.3, 0.4) is 0 Å². The minimum absolute atomic E-state index is 0.0718. The van der Waals surface area contributed by atoms with Gasteiger partial charge in [0.15, 0.2) is 0 Å². The minimum Gasteiger partial charge on any atom is -0.338 e. The summed E-state index contributed by atoms with van der Waals surface area (Å²) in [5.74, 6) is -0.455. The molecule has 1 saturated heterocycles. The molecule has 6 heteroatoms. The number of aryl methyl sites for hydroxylation is 1. The van der Waals surface area contributed by atoms with Gasteiger partial charge >= 0.3 is 0 Å². The molecule has 0 saturated carbocycles. The lowest BCUT2D eigenvalue weighted by atomic mass is 9.90. The number of benzene rings is 1.